The molecule has 0 aliphatic heterocycles. The lowest BCUT2D eigenvalue weighted by Gasteiger charge is -2.36. The number of hydrogen-bond donors (Lipinski definition) is 0. The van der Waals surface area contributed by atoms with Gasteiger partial charge in [-0.2, -0.15) is 0 Å². The van der Waals surface area contributed by atoms with E-state index in [-0.39, 0.29) is 5.41 Å². The fourth-order valence-corrected chi connectivity index (χ4v) is 2.38. The molecule has 0 saturated carbocycles. The predicted octanol–water partition coefficient (Wildman–Crippen LogP) is 3.66. The quantitative estimate of drug-likeness (QED) is 0.491. The van der Waals surface area contributed by atoms with Crippen LogP contribution in [0.5, 0.6) is 0 Å². The van der Waals surface area contributed by atoms with E-state index in [1.165, 1.54) is 11.1 Å². The van der Waals surface area contributed by atoms with Gasteiger partial charge in [-0.25, -0.2) is 0 Å². The molecule has 0 amide bonds. The van der Waals surface area contributed by atoms with Crippen molar-refractivity contribution in [2.24, 2.45) is 5.41 Å². The summed E-state index contributed by atoms with van der Waals surface area (Å²) >= 11 is 0. The van der Waals surface area contributed by atoms with Gasteiger partial charge >= 0.3 is 0 Å². The Hall–Kier alpha value is -0.850. The number of carbonyl (C=O) groups is 1. The van der Waals surface area contributed by atoms with E-state index in [1.54, 1.807) is 0 Å². The lowest BCUT2D eigenvalue weighted by Crippen LogP contribution is -2.24. The summed E-state index contributed by atoms with van der Waals surface area (Å²) in [6.45, 7) is 8.19. The van der Waals surface area contributed by atoms with Gasteiger partial charge in [0.05, 0.1) is 0 Å². The molecule has 0 spiro atoms. The number of aldehydes is 1. The molecule has 1 aliphatic carbocycles. The van der Waals surface area contributed by atoms with Crippen LogP contribution in [-0.4, -0.2) is 6.29 Å². The van der Waals surface area contributed by atoms with Crippen LogP contribution < -0.4 is 0 Å². The topological polar surface area (TPSA) is 17.1 Å². The molecule has 1 atom stereocenters. The first-order chi connectivity index (χ1) is 6.63. The van der Waals surface area contributed by atoms with Crippen LogP contribution in [-0.2, 0) is 4.79 Å². The summed E-state index contributed by atoms with van der Waals surface area (Å²) in [6.07, 6.45) is 8.03. The molecule has 0 radical (unpaired) electrons. The average molecular weight is 192 g/mol. The summed E-state index contributed by atoms with van der Waals surface area (Å²) in [5.41, 5.74) is 3.17. The molecule has 0 fully saturated rings. The van der Waals surface area contributed by atoms with Crippen LogP contribution in [0, 0.1) is 5.41 Å². The van der Waals surface area contributed by atoms with Crippen LogP contribution in [0.2, 0.25) is 0 Å². The summed E-state index contributed by atoms with van der Waals surface area (Å²) in [4.78, 5) is 10.7. The van der Waals surface area contributed by atoms with Gasteiger partial charge < -0.3 is 4.79 Å². The van der Waals surface area contributed by atoms with Crippen molar-refractivity contribution >= 4 is 6.29 Å². The van der Waals surface area contributed by atoms with E-state index < -0.39 is 0 Å². The molecule has 1 unspecified atom stereocenters. The highest BCUT2D eigenvalue weighted by molar-refractivity contribution is 5.51. The zero-order chi connectivity index (χ0) is 10.6. The maximum Gasteiger partial charge on any atom is 0.120 e. The van der Waals surface area contributed by atoms with Crippen LogP contribution >= 0.6 is 0 Å². The Morgan fingerprint density at radius 2 is 2.07 bits per heavy atom. The minimum Gasteiger partial charge on any atom is -0.303 e. The summed E-state index contributed by atoms with van der Waals surface area (Å²) < 4.78 is 0. The molecule has 1 rings (SSSR count). The summed E-state index contributed by atoms with van der Waals surface area (Å²) in [5, 5.41) is 0. The molecular formula is C13H20O. The van der Waals surface area contributed by atoms with Crippen molar-refractivity contribution in [2.75, 3.05) is 0 Å². The van der Waals surface area contributed by atoms with Crippen molar-refractivity contribution < 1.29 is 4.79 Å². The molecule has 14 heavy (non-hydrogen) atoms. The molecule has 1 heteroatoms. The van der Waals surface area contributed by atoms with Crippen molar-refractivity contribution in [1.29, 1.82) is 0 Å². The molecule has 0 aromatic rings. The van der Waals surface area contributed by atoms with Gasteiger partial charge in [0.25, 0.3) is 0 Å². The standard InChI is InChI=1S/C13H20O/c1-4-6-13(8-9-14)7-5-11(2)12(3)10-13/h4,9H,1,5-8,10H2,2-3H3. The Bertz CT molecular complexity index is 250. The number of rotatable bonds is 4. The van der Waals surface area contributed by atoms with Crippen molar-refractivity contribution in [1.82, 2.24) is 0 Å². The predicted molar refractivity (Wildman–Crippen MR) is 60.2 cm³/mol. The third-order valence-corrected chi connectivity index (χ3v) is 3.49. The third kappa shape index (κ3) is 2.34. The van der Waals surface area contributed by atoms with Crippen molar-refractivity contribution in [3.05, 3.63) is 23.8 Å². The number of allylic oxidation sites excluding steroid dienone is 3. The Morgan fingerprint density at radius 3 is 2.57 bits per heavy atom. The molecule has 0 aromatic carbocycles. The van der Waals surface area contributed by atoms with Gasteiger partial charge in [0.15, 0.2) is 0 Å². The molecule has 78 valence electrons. The largest absolute Gasteiger partial charge is 0.303 e. The van der Waals surface area contributed by atoms with E-state index >= 15 is 0 Å². The fraction of sp³-hybridized carbons (Fsp3) is 0.615. The van der Waals surface area contributed by atoms with Crippen LogP contribution in [0.3, 0.4) is 0 Å². The van der Waals surface area contributed by atoms with Crippen LogP contribution in [0.4, 0.5) is 0 Å². The summed E-state index contributed by atoms with van der Waals surface area (Å²) in [7, 11) is 0. The van der Waals surface area contributed by atoms with Crippen LogP contribution in [0.25, 0.3) is 0 Å². The lowest BCUT2D eigenvalue weighted by atomic mass is 9.68. The van der Waals surface area contributed by atoms with Crippen molar-refractivity contribution in [3.8, 4) is 0 Å². The summed E-state index contributed by atoms with van der Waals surface area (Å²) in [5.74, 6) is 0. The molecular weight excluding hydrogens is 172 g/mol. The van der Waals surface area contributed by atoms with E-state index in [1.807, 2.05) is 6.08 Å². The Morgan fingerprint density at radius 1 is 1.36 bits per heavy atom. The van der Waals surface area contributed by atoms with Gasteiger partial charge in [-0.05, 0) is 44.9 Å². The zero-order valence-corrected chi connectivity index (χ0v) is 9.31. The van der Waals surface area contributed by atoms with Gasteiger partial charge in [-0.3, -0.25) is 0 Å². The van der Waals surface area contributed by atoms with Gasteiger partial charge in [0.1, 0.15) is 6.29 Å². The van der Waals surface area contributed by atoms with Crippen molar-refractivity contribution in [3.63, 3.8) is 0 Å². The monoisotopic (exact) mass is 192 g/mol. The zero-order valence-electron chi connectivity index (χ0n) is 9.31. The first kappa shape index (κ1) is 11.2. The van der Waals surface area contributed by atoms with E-state index in [0.717, 1.165) is 32.0 Å². The number of hydrogen-bond acceptors (Lipinski definition) is 1. The van der Waals surface area contributed by atoms with Gasteiger partial charge in [-0.15, -0.1) is 6.58 Å². The van der Waals surface area contributed by atoms with Crippen molar-refractivity contribution in [2.45, 2.75) is 46.0 Å². The van der Waals surface area contributed by atoms with Crippen LogP contribution in [0.15, 0.2) is 23.8 Å². The molecule has 0 aromatic heterocycles. The van der Waals surface area contributed by atoms with E-state index in [2.05, 4.69) is 20.4 Å². The molecule has 1 aliphatic rings. The van der Waals surface area contributed by atoms with E-state index in [4.69, 9.17) is 0 Å². The van der Waals surface area contributed by atoms with E-state index in [0.29, 0.717) is 6.42 Å². The highest BCUT2D eigenvalue weighted by atomic mass is 16.1. The fourth-order valence-electron chi connectivity index (χ4n) is 2.38. The first-order valence-electron chi connectivity index (χ1n) is 5.33. The second-order valence-corrected chi connectivity index (χ2v) is 4.60. The molecule has 0 saturated heterocycles. The third-order valence-electron chi connectivity index (χ3n) is 3.49. The molecule has 0 bridgehead atoms. The maximum absolute atomic E-state index is 10.7. The Kier molecular flexibility index (Phi) is 3.68. The number of carbonyl (C=O) groups excluding carboxylic acids is 1. The Balaban J connectivity index is 2.81. The van der Waals surface area contributed by atoms with Crippen LogP contribution in [0.1, 0.15) is 46.0 Å². The van der Waals surface area contributed by atoms with E-state index in [9.17, 15) is 4.79 Å². The average Bonchev–Trinajstić information content (AvgIpc) is 2.13. The SMILES string of the molecule is C=CCC1(CC=O)CCC(C)=C(C)C1. The van der Waals surface area contributed by atoms with Gasteiger partial charge in [0.2, 0.25) is 0 Å². The molecule has 0 heterocycles. The lowest BCUT2D eigenvalue weighted by molar-refractivity contribution is -0.110. The molecule has 1 nitrogen and oxygen atoms in total. The maximum atomic E-state index is 10.7. The highest BCUT2D eigenvalue weighted by Gasteiger charge is 2.31. The molecule has 0 N–H and O–H groups in total. The minimum atomic E-state index is 0.188. The highest BCUT2D eigenvalue weighted by Crippen LogP contribution is 2.44. The van der Waals surface area contributed by atoms with Gasteiger partial charge in [-0.1, -0.05) is 17.2 Å². The normalized spacial score (nSPS) is 27.6. The smallest absolute Gasteiger partial charge is 0.120 e. The second kappa shape index (κ2) is 4.59. The second-order valence-electron chi connectivity index (χ2n) is 4.60. The minimum absolute atomic E-state index is 0.188. The van der Waals surface area contributed by atoms with Gasteiger partial charge in [0, 0.05) is 6.42 Å². The first-order valence-corrected chi connectivity index (χ1v) is 5.33. The summed E-state index contributed by atoms with van der Waals surface area (Å²) in [6, 6.07) is 0. The Labute approximate surface area is 86.9 Å².